The van der Waals surface area contributed by atoms with Gasteiger partial charge in [-0.2, -0.15) is 0 Å². The van der Waals surface area contributed by atoms with Crippen LogP contribution in [-0.2, 0) is 41.2 Å². The summed E-state index contributed by atoms with van der Waals surface area (Å²) < 4.78 is 52.1. The monoisotopic (exact) mass is 608 g/mol. The molecule has 0 aliphatic heterocycles. The van der Waals surface area contributed by atoms with Crippen molar-refractivity contribution in [2.45, 2.75) is 78.9 Å². The minimum Gasteiger partial charge on any atom is -0.464 e. The third-order valence-electron chi connectivity index (χ3n) is 5.87. The van der Waals surface area contributed by atoms with E-state index in [2.05, 4.69) is 20.0 Å². The fourth-order valence-electron chi connectivity index (χ4n) is 3.85. The molecular formula is C27H38FN6O7P. The van der Waals surface area contributed by atoms with Gasteiger partial charge in [0.15, 0.2) is 11.5 Å². The van der Waals surface area contributed by atoms with Crippen LogP contribution in [0.5, 0.6) is 0 Å². The molecule has 0 bridgehead atoms. The number of nitrogens with zero attached hydrogens (tertiary/aromatic N) is 4. The van der Waals surface area contributed by atoms with Crippen molar-refractivity contribution in [1.82, 2.24) is 24.6 Å². The first-order valence-electron chi connectivity index (χ1n) is 13.5. The summed E-state index contributed by atoms with van der Waals surface area (Å²) in [6.45, 7) is 10.0. The second kappa shape index (κ2) is 14.1. The second-order valence-electron chi connectivity index (χ2n) is 10.5. The van der Waals surface area contributed by atoms with Gasteiger partial charge in [-0.3, -0.25) is 9.36 Å². The summed E-state index contributed by atoms with van der Waals surface area (Å²) >= 11 is 0. The van der Waals surface area contributed by atoms with Crippen LogP contribution in [0.15, 0.2) is 30.9 Å². The van der Waals surface area contributed by atoms with Crippen LogP contribution in [0.4, 0.5) is 10.2 Å². The van der Waals surface area contributed by atoms with Crippen molar-refractivity contribution >= 4 is 36.4 Å². The van der Waals surface area contributed by atoms with E-state index in [0.717, 1.165) is 12.1 Å². The van der Waals surface area contributed by atoms with E-state index in [1.54, 1.807) is 31.7 Å². The minimum atomic E-state index is -3.97. The molecule has 13 nitrogen and oxygen atoms in total. The number of imidazole rings is 1. The lowest BCUT2D eigenvalue weighted by molar-refractivity contribution is -0.149. The summed E-state index contributed by atoms with van der Waals surface area (Å²) in [5, 5.41) is 2.78. The van der Waals surface area contributed by atoms with Crippen molar-refractivity contribution in [2.24, 2.45) is 0 Å². The van der Waals surface area contributed by atoms with Crippen LogP contribution >= 0.6 is 7.52 Å². The van der Waals surface area contributed by atoms with Gasteiger partial charge in [0.1, 0.15) is 29.5 Å². The molecular weight excluding hydrogens is 570 g/mol. The first-order chi connectivity index (χ1) is 19.7. The van der Waals surface area contributed by atoms with Crippen molar-refractivity contribution in [3.05, 3.63) is 47.8 Å². The van der Waals surface area contributed by atoms with Gasteiger partial charge in [-0.25, -0.2) is 29.2 Å². The van der Waals surface area contributed by atoms with E-state index in [1.807, 2.05) is 6.92 Å². The smallest absolute Gasteiger partial charge is 0.338 e. The summed E-state index contributed by atoms with van der Waals surface area (Å²) in [5.74, 6) is -1.79. The predicted octanol–water partition coefficient (Wildman–Crippen LogP) is 4.21. The average molecular weight is 609 g/mol. The molecule has 3 rings (SSSR count). The Morgan fingerprint density at radius 3 is 2.62 bits per heavy atom. The molecule has 0 saturated carbocycles. The lowest BCUT2D eigenvalue weighted by atomic mass is 10.1. The van der Waals surface area contributed by atoms with Crippen molar-refractivity contribution in [3.63, 3.8) is 0 Å². The van der Waals surface area contributed by atoms with Gasteiger partial charge in [-0.05, 0) is 58.7 Å². The Balaban J connectivity index is 1.81. The highest BCUT2D eigenvalue weighted by molar-refractivity contribution is 7.56. The minimum absolute atomic E-state index is 0.0700. The van der Waals surface area contributed by atoms with Gasteiger partial charge in [0.25, 0.3) is 7.52 Å². The number of aromatic nitrogens is 4. The number of fused-ring (bicyclic) bond motifs is 1. The summed E-state index contributed by atoms with van der Waals surface area (Å²) in [6, 6.07) is 3.52. The predicted molar refractivity (Wildman–Crippen MR) is 153 cm³/mol. The largest absolute Gasteiger partial charge is 0.464 e. The Morgan fingerprint density at radius 1 is 1.19 bits per heavy atom. The van der Waals surface area contributed by atoms with E-state index in [4.69, 9.17) is 24.5 Å². The highest BCUT2D eigenvalue weighted by Gasteiger charge is 2.39. The molecule has 3 N–H and O–H groups in total. The van der Waals surface area contributed by atoms with E-state index in [0.29, 0.717) is 17.6 Å². The van der Waals surface area contributed by atoms with E-state index < -0.39 is 49.4 Å². The molecule has 3 aromatic rings. The Kier molecular flexibility index (Phi) is 11.1. The highest BCUT2D eigenvalue weighted by Crippen LogP contribution is 2.46. The molecule has 1 aromatic carbocycles. The molecule has 0 spiro atoms. The van der Waals surface area contributed by atoms with E-state index >= 15 is 0 Å². The molecule has 0 saturated heterocycles. The number of nitrogen functional groups attached to an aromatic ring is 1. The van der Waals surface area contributed by atoms with Crippen LogP contribution in [0.2, 0.25) is 0 Å². The van der Waals surface area contributed by atoms with Crippen LogP contribution in [0.25, 0.3) is 11.2 Å². The Hall–Kier alpha value is -3.45. The maximum Gasteiger partial charge on any atom is 0.338 e. The summed E-state index contributed by atoms with van der Waals surface area (Å²) in [5.41, 5.74) is 5.56. The first-order valence-corrected chi connectivity index (χ1v) is 15.3. The van der Waals surface area contributed by atoms with Gasteiger partial charge in [0.2, 0.25) is 0 Å². The average Bonchev–Trinajstić information content (AvgIpc) is 3.33. The van der Waals surface area contributed by atoms with Gasteiger partial charge in [0.05, 0.1) is 43.9 Å². The number of anilines is 1. The maximum atomic E-state index is 14.2. The number of esters is 2. The van der Waals surface area contributed by atoms with Gasteiger partial charge < -0.3 is 29.0 Å². The first kappa shape index (κ1) is 33.1. The molecule has 2 unspecified atom stereocenters. The number of hydrogen-bond acceptors (Lipinski definition) is 11. The number of carbonyl (C=O) groups excluding carboxylic acids is 2. The molecule has 2 aromatic heterocycles. The topological polar surface area (TPSA) is 170 Å². The van der Waals surface area contributed by atoms with Gasteiger partial charge in [0, 0.05) is 0 Å². The molecule has 230 valence electrons. The normalized spacial score (nSPS) is 14.1. The highest BCUT2D eigenvalue weighted by atomic mass is 31.2. The van der Waals surface area contributed by atoms with E-state index in [9.17, 15) is 18.5 Å². The number of ether oxygens (including phenoxy) is 3. The van der Waals surface area contributed by atoms with Crippen LogP contribution in [0, 0.1) is 5.82 Å². The van der Waals surface area contributed by atoms with Crippen LogP contribution in [0.1, 0.15) is 63.9 Å². The molecule has 0 aliphatic rings. The number of nitrogens with one attached hydrogen (secondary N) is 1. The lowest BCUT2D eigenvalue weighted by Crippen LogP contribution is -2.47. The Bertz CT molecular complexity index is 1450. The summed E-state index contributed by atoms with van der Waals surface area (Å²) in [4.78, 5) is 37.7. The Labute approximate surface area is 243 Å². The van der Waals surface area contributed by atoms with E-state index in [1.165, 1.54) is 26.2 Å². The van der Waals surface area contributed by atoms with Crippen LogP contribution in [-0.4, -0.2) is 62.2 Å². The molecule has 2 heterocycles. The van der Waals surface area contributed by atoms with E-state index in [-0.39, 0.29) is 36.7 Å². The zero-order valence-electron chi connectivity index (χ0n) is 24.6. The molecule has 2 atom stereocenters. The lowest BCUT2D eigenvalue weighted by Gasteiger charge is -2.30. The van der Waals surface area contributed by atoms with Crippen molar-refractivity contribution in [1.29, 1.82) is 0 Å². The van der Waals surface area contributed by atoms with Crippen LogP contribution < -0.4 is 10.8 Å². The van der Waals surface area contributed by atoms with Crippen molar-refractivity contribution in [2.75, 3.05) is 18.7 Å². The van der Waals surface area contributed by atoms with Crippen molar-refractivity contribution < 1.29 is 37.3 Å². The fraction of sp³-hybridized carbons (Fsp3) is 0.519. The third kappa shape index (κ3) is 8.78. The maximum absolute atomic E-state index is 14.2. The number of carbonyl (C=O) groups is 2. The van der Waals surface area contributed by atoms with Gasteiger partial charge >= 0.3 is 11.9 Å². The zero-order chi connectivity index (χ0) is 31.1. The Morgan fingerprint density at radius 2 is 1.93 bits per heavy atom. The fourth-order valence-corrected chi connectivity index (χ4v) is 5.80. The second-order valence-corrected chi connectivity index (χ2v) is 12.6. The van der Waals surface area contributed by atoms with Gasteiger partial charge in [-0.15, -0.1) is 0 Å². The number of rotatable bonds is 15. The molecule has 0 radical (unpaired) electrons. The third-order valence-corrected chi connectivity index (χ3v) is 7.81. The quantitative estimate of drug-likeness (QED) is 0.186. The van der Waals surface area contributed by atoms with Crippen LogP contribution in [0.3, 0.4) is 0 Å². The summed E-state index contributed by atoms with van der Waals surface area (Å²) in [7, 11) is -3.97. The molecule has 0 aliphatic carbocycles. The molecule has 42 heavy (non-hydrogen) atoms. The molecule has 0 fully saturated rings. The number of halogens is 1. The summed E-state index contributed by atoms with van der Waals surface area (Å²) in [6.07, 6.45) is 2.07. The van der Waals surface area contributed by atoms with Crippen molar-refractivity contribution in [3.8, 4) is 0 Å². The zero-order valence-corrected chi connectivity index (χ0v) is 25.5. The van der Waals surface area contributed by atoms with Gasteiger partial charge in [-0.1, -0.05) is 13.0 Å². The SMILES string of the molecule is CCCOC(=O)C(C)(C)NP(=O)(COC(C)Cn1cnc2c(N)ncnc21)OCc1ccc(F)cc1C(=O)OC(C)C. The number of benzene rings is 1. The number of hydrogen-bond donors (Lipinski definition) is 2. The molecule has 15 heteroatoms. The molecule has 0 amide bonds. The number of nitrogens with two attached hydrogens (primary N) is 1. The standard InChI is InChI=1S/C27H38FN6O7P/c1-7-10-38-26(36)27(5,6)33-42(37,40-13-19-8-9-20(28)11-21(19)25(35)41-17(2)3)16-39-18(4)12-34-15-32-22-23(29)30-14-31-24(22)34/h8-9,11,14-15,17-18H,7,10,12-13,16H2,1-6H3,(H,33,37)(H2,29,30,31).